The smallest absolute Gasteiger partial charge is 0.408 e. The summed E-state index contributed by atoms with van der Waals surface area (Å²) in [5.41, 5.74) is 1.11. The molecule has 1 amide bonds. The van der Waals surface area contributed by atoms with Crippen LogP contribution in [0.1, 0.15) is 0 Å². The number of rotatable bonds is 5. The summed E-state index contributed by atoms with van der Waals surface area (Å²) in [6.45, 7) is 0.781. The van der Waals surface area contributed by atoms with E-state index >= 15 is 0 Å². The lowest BCUT2D eigenvalue weighted by atomic mass is 10.3. The van der Waals surface area contributed by atoms with Crippen LogP contribution in [0.4, 0.5) is 5.69 Å². The van der Waals surface area contributed by atoms with Crippen LogP contribution in [-0.4, -0.2) is 49.5 Å². The Morgan fingerprint density at radius 1 is 1.13 bits per heavy atom. The molecule has 158 valence electrons. The molecule has 0 atom stereocenters. The van der Waals surface area contributed by atoms with Gasteiger partial charge in [-0.3, -0.25) is 9.36 Å². The third-order valence-electron chi connectivity index (χ3n) is 4.68. The average molecular weight is 452 g/mol. The Hall–Kier alpha value is -2.66. The van der Waals surface area contributed by atoms with Crippen LogP contribution in [-0.2, 0) is 26.1 Å². The molecule has 4 rings (SSSR count). The first-order valence-electron chi connectivity index (χ1n) is 9.12. The molecule has 2 aromatic carbocycles. The maximum Gasteiger partial charge on any atom is 0.420 e. The van der Waals surface area contributed by atoms with E-state index in [2.05, 4.69) is 5.32 Å². The zero-order valence-corrected chi connectivity index (χ0v) is 17.3. The number of nitrogens with zero attached hydrogens (tertiary/aromatic N) is 2. The number of carbonyl (C=O) groups is 1. The number of oxazole rings is 1. The predicted octanol–water partition coefficient (Wildman–Crippen LogP) is 1.91. The molecule has 30 heavy (non-hydrogen) atoms. The Bertz CT molecular complexity index is 1260. The van der Waals surface area contributed by atoms with Crippen LogP contribution in [0, 0.1) is 0 Å². The van der Waals surface area contributed by atoms with E-state index in [9.17, 15) is 18.0 Å². The molecule has 0 radical (unpaired) electrons. The van der Waals surface area contributed by atoms with Crippen LogP contribution in [0.25, 0.3) is 11.1 Å². The van der Waals surface area contributed by atoms with Crippen molar-refractivity contribution in [3.8, 4) is 0 Å². The van der Waals surface area contributed by atoms with Crippen molar-refractivity contribution in [2.24, 2.45) is 0 Å². The summed E-state index contributed by atoms with van der Waals surface area (Å²) < 4.78 is 38.6. The van der Waals surface area contributed by atoms with E-state index in [0.717, 1.165) is 0 Å². The van der Waals surface area contributed by atoms with Crippen LogP contribution < -0.4 is 11.1 Å². The Morgan fingerprint density at radius 3 is 2.63 bits per heavy atom. The van der Waals surface area contributed by atoms with Crippen molar-refractivity contribution in [1.82, 2.24) is 8.87 Å². The second-order valence-electron chi connectivity index (χ2n) is 6.63. The summed E-state index contributed by atoms with van der Waals surface area (Å²) in [7, 11) is -3.84. The molecule has 1 fully saturated rings. The highest BCUT2D eigenvalue weighted by atomic mass is 35.5. The number of carbonyl (C=O) groups excluding carboxylic acids is 1. The van der Waals surface area contributed by atoms with Crippen molar-refractivity contribution in [3.05, 3.63) is 58.0 Å². The second-order valence-corrected chi connectivity index (χ2v) is 8.95. The zero-order chi connectivity index (χ0) is 21.3. The molecule has 9 nitrogen and oxygen atoms in total. The highest BCUT2D eigenvalue weighted by molar-refractivity contribution is 7.89. The molecule has 1 saturated heterocycles. The fraction of sp³-hybridized carbons (Fsp3) is 0.263. The fourth-order valence-corrected chi connectivity index (χ4v) is 5.12. The first-order chi connectivity index (χ1) is 14.4. The number of fused-ring (bicyclic) bond motifs is 1. The lowest BCUT2D eigenvalue weighted by Crippen LogP contribution is -2.40. The van der Waals surface area contributed by atoms with Crippen LogP contribution >= 0.6 is 11.6 Å². The van der Waals surface area contributed by atoms with E-state index in [1.165, 1.54) is 27.1 Å². The van der Waals surface area contributed by atoms with E-state index in [4.69, 9.17) is 20.8 Å². The van der Waals surface area contributed by atoms with Gasteiger partial charge in [-0.05, 0) is 30.3 Å². The average Bonchev–Trinajstić information content (AvgIpc) is 3.05. The van der Waals surface area contributed by atoms with Gasteiger partial charge in [0.15, 0.2) is 5.58 Å². The highest BCUT2D eigenvalue weighted by Gasteiger charge is 2.28. The highest BCUT2D eigenvalue weighted by Crippen LogP contribution is 2.28. The number of benzene rings is 2. The number of sulfonamides is 1. The summed E-state index contributed by atoms with van der Waals surface area (Å²) in [5.74, 6) is -1.17. The largest absolute Gasteiger partial charge is 0.420 e. The van der Waals surface area contributed by atoms with Gasteiger partial charge < -0.3 is 14.5 Å². The number of hydrogen-bond donors (Lipinski definition) is 1. The molecule has 3 aromatic rings. The van der Waals surface area contributed by atoms with Gasteiger partial charge in [-0.1, -0.05) is 23.7 Å². The van der Waals surface area contributed by atoms with Gasteiger partial charge in [0, 0.05) is 18.8 Å². The van der Waals surface area contributed by atoms with Gasteiger partial charge >= 0.3 is 5.76 Å². The molecule has 0 unspecified atom stereocenters. The lowest BCUT2D eigenvalue weighted by molar-refractivity contribution is -0.116. The molecule has 0 spiro atoms. The standard InChI is InChI=1S/C19H18ClN3O6S/c20-14-6-5-13(11-17(14)30(26,27)22-7-9-28-10-8-22)21-18(24)12-23-15-3-1-2-4-16(15)29-19(23)25/h1-6,11H,7-10,12H2,(H,21,24). The van der Waals surface area contributed by atoms with Crippen molar-refractivity contribution < 1.29 is 22.4 Å². The summed E-state index contributed by atoms with van der Waals surface area (Å²) in [6, 6.07) is 11.0. The van der Waals surface area contributed by atoms with Gasteiger partial charge in [0.05, 0.1) is 23.8 Å². The minimum absolute atomic E-state index is 0.0524. The number of ether oxygens (including phenoxy) is 1. The third-order valence-corrected chi connectivity index (χ3v) is 7.06. The molecule has 0 bridgehead atoms. The Labute approximate surface area is 176 Å². The van der Waals surface area contributed by atoms with Gasteiger partial charge in [-0.2, -0.15) is 4.31 Å². The molecule has 0 saturated carbocycles. The molecule has 1 aliphatic rings. The Kier molecular flexibility index (Phi) is 5.65. The van der Waals surface area contributed by atoms with Crippen molar-refractivity contribution in [2.45, 2.75) is 11.4 Å². The fourth-order valence-electron chi connectivity index (χ4n) is 3.21. The van der Waals surface area contributed by atoms with Gasteiger partial charge in [-0.25, -0.2) is 13.2 Å². The zero-order valence-electron chi connectivity index (χ0n) is 15.7. The van der Waals surface area contributed by atoms with E-state index in [-0.39, 0.29) is 35.2 Å². The minimum atomic E-state index is -3.84. The normalized spacial score (nSPS) is 15.4. The third kappa shape index (κ3) is 3.99. The quantitative estimate of drug-likeness (QED) is 0.634. The molecular formula is C19H18ClN3O6S. The number of morpholine rings is 1. The number of amides is 1. The van der Waals surface area contributed by atoms with Crippen molar-refractivity contribution in [2.75, 3.05) is 31.6 Å². The van der Waals surface area contributed by atoms with Crippen LogP contribution in [0.5, 0.6) is 0 Å². The maximum atomic E-state index is 12.9. The van der Waals surface area contributed by atoms with E-state index in [1.54, 1.807) is 24.3 Å². The molecular weight excluding hydrogens is 434 g/mol. The van der Waals surface area contributed by atoms with Gasteiger partial charge in [-0.15, -0.1) is 0 Å². The number of nitrogens with one attached hydrogen (secondary N) is 1. The Balaban J connectivity index is 1.56. The number of anilines is 1. The molecule has 1 N–H and O–H groups in total. The number of para-hydroxylation sites is 2. The van der Waals surface area contributed by atoms with Crippen LogP contribution in [0.15, 0.2) is 56.6 Å². The maximum absolute atomic E-state index is 12.9. The van der Waals surface area contributed by atoms with Crippen molar-refractivity contribution in [3.63, 3.8) is 0 Å². The monoisotopic (exact) mass is 451 g/mol. The molecule has 2 heterocycles. The summed E-state index contributed by atoms with van der Waals surface area (Å²) >= 11 is 6.13. The van der Waals surface area contributed by atoms with E-state index in [1.807, 2.05) is 0 Å². The summed E-state index contributed by atoms with van der Waals surface area (Å²) in [6.07, 6.45) is 0. The Morgan fingerprint density at radius 2 is 1.87 bits per heavy atom. The second kappa shape index (κ2) is 8.23. The lowest BCUT2D eigenvalue weighted by Gasteiger charge is -2.26. The summed E-state index contributed by atoms with van der Waals surface area (Å²) in [5, 5.41) is 2.66. The van der Waals surface area contributed by atoms with Crippen molar-refractivity contribution in [1.29, 1.82) is 0 Å². The number of hydrogen-bond acceptors (Lipinski definition) is 6. The van der Waals surface area contributed by atoms with E-state index < -0.39 is 21.7 Å². The number of halogens is 1. The minimum Gasteiger partial charge on any atom is -0.408 e. The predicted molar refractivity (Wildman–Crippen MR) is 110 cm³/mol. The molecule has 1 aliphatic heterocycles. The van der Waals surface area contributed by atoms with Crippen LogP contribution in [0.2, 0.25) is 5.02 Å². The van der Waals surface area contributed by atoms with Crippen molar-refractivity contribution >= 4 is 44.3 Å². The molecule has 1 aromatic heterocycles. The molecule has 11 heteroatoms. The van der Waals surface area contributed by atoms with Gasteiger partial charge in [0.25, 0.3) is 0 Å². The number of aromatic nitrogens is 1. The SMILES string of the molecule is O=C(Cn1c(=O)oc2ccccc21)Nc1ccc(Cl)c(S(=O)(=O)N2CCOCC2)c1. The topological polar surface area (TPSA) is 111 Å². The van der Waals surface area contributed by atoms with E-state index in [0.29, 0.717) is 24.3 Å². The first kappa shape index (κ1) is 20.6. The van der Waals surface area contributed by atoms with Gasteiger partial charge in [0.2, 0.25) is 15.9 Å². The van der Waals surface area contributed by atoms with Gasteiger partial charge in [0.1, 0.15) is 11.4 Å². The molecule has 0 aliphatic carbocycles. The first-order valence-corrected chi connectivity index (χ1v) is 10.9. The summed E-state index contributed by atoms with van der Waals surface area (Å²) in [4.78, 5) is 24.4. The van der Waals surface area contributed by atoms with Crippen LogP contribution in [0.3, 0.4) is 0 Å².